The lowest BCUT2D eigenvalue weighted by molar-refractivity contribution is -0.136. The topological polar surface area (TPSA) is 118 Å². The quantitative estimate of drug-likeness (QED) is 0.229. The van der Waals surface area contributed by atoms with E-state index < -0.39 is 31.0 Å². The molecule has 6 nitrogen and oxygen atoms in total. The van der Waals surface area contributed by atoms with Crippen LogP contribution in [0, 0.1) is 0 Å². The molecular weight excluding hydrogens is 180 g/mol. The molecule has 0 unspecified atom stereocenters. The van der Waals surface area contributed by atoms with Gasteiger partial charge in [-0.15, -0.1) is 0 Å². The Bertz CT molecular complexity index is 138. The summed E-state index contributed by atoms with van der Waals surface area (Å²) in [7, 11) is 0. The Morgan fingerprint density at radius 2 is 1.58 bits per heavy atom. The lowest BCUT2D eigenvalue weighted by Gasteiger charge is -2.22. The van der Waals surface area contributed by atoms with Gasteiger partial charge < -0.3 is 30.3 Å². The molecule has 5 N–H and O–H groups in total. The number of aliphatic hydroxyl groups excluding tert-OH is 5. The summed E-state index contributed by atoms with van der Waals surface area (Å²) in [5.41, 5.74) is 0. The number of aliphatic hydroxyl groups is 5. The number of carbonyl (C=O) groups is 1. The number of hydrogen-bond acceptors (Lipinski definition) is 6. The molecule has 0 aliphatic heterocycles. The van der Waals surface area contributed by atoms with Crippen molar-refractivity contribution >= 4 is 6.29 Å². The van der Waals surface area contributed by atoms with Crippen LogP contribution in [0.4, 0.5) is 0 Å². The van der Waals surface area contributed by atoms with Crippen LogP contribution in [0.2, 0.25) is 0 Å². The third kappa shape index (κ3) is 2.84. The molecule has 0 spiro atoms. The van der Waals surface area contributed by atoms with Crippen molar-refractivity contribution in [2.24, 2.45) is 0 Å². The van der Waals surface area contributed by atoms with Crippen molar-refractivity contribution in [2.45, 2.75) is 24.4 Å². The van der Waals surface area contributed by atoms with Crippen molar-refractivity contribution in [1.82, 2.24) is 0 Å². The zero-order chi connectivity index (χ0) is 9.72. The summed E-state index contributed by atoms with van der Waals surface area (Å²) < 4.78 is 0. The van der Waals surface area contributed by atoms with Crippen molar-refractivity contribution in [3.8, 4) is 0 Å². The lowest BCUT2D eigenvalue weighted by atomic mass is 10.1. The first kappa shape index (κ1) is 11.5. The Morgan fingerprint density at radius 3 is 1.92 bits per heavy atom. The van der Waals surface area contributed by atoms with Gasteiger partial charge >= 0.3 is 0 Å². The predicted octanol–water partition coefficient (Wildman–Crippen LogP) is -3.38. The molecule has 0 saturated carbocycles. The number of hydrogen-bond donors (Lipinski definition) is 5. The van der Waals surface area contributed by atoms with Crippen molar-refractivity contribution in [3.05, 3.63) is 0 Å². The molecule has 0 aliphatic carbocycles. The highest BCUT2D eigenvalue weighted by atomic mass is 18.2. The van der Waals surface area contributed by atoms with Gasteiger partial charge in [0.05, 0.1) is 6.61 Å². The summed E-state index contributed by atoms with van der Waals surface area (Å²) in [5.74, 6) is 0. The van der Waals surface area contributed by atoms with Crippen molar-refractivity contribution < 1.29 is 30.3 Å². The molecule has 0 aromatic heterocycles. The zero-order valence-corrected chi connectivity index (χ0v) is 6.24. The second kappa shape index (κ2) is 5.18. The Kier molecular flexibility index (Phi) is 4.95. The maximum Gasteiger partial charge on any atom is 0.151 e. The summed E-state index contributed by atoms with van der Waals surface area (Å²) in [6, 6.07) is 0. The molecule has 72 valence electrons. The van der Waals surface area contributed by atoms with Gasteiger partial charge in [0.2, 0.25) is 0 Å². The Morgan fingerprint density at radius 1 is 1.08 bits per heavy atom. The van der Waals surface area contributed by atoms with Gasteiger partial charge in [-0.25, -0.2) is 0 Å². The second-order valence-corrected chi connectivity index (χ2v) is 2.36. The van der Waals surface area contributed by atoms with Gasteiger partial charge in [-0.05, 0) is 0 Å². The summed E-state index contributed by atoms with van der Waals surface area (Å²) in [4.78, 5) is 9.90. The number of rotatable bonds is 5. The third-order valence-corrected chi connectivity index (χ3v) is 1.42. The van der Waals surface area contributed by atoms with Crippen LogP contribution >= 0.6 is 0 Å². The largest absolute Gasteiger partial charge is 0.394 e. The standard InChI is InChI=1S/C6H12O6/c7-1-3(9)5(11)6(12)4(10)2-8/h1,3-6,8-12H,2H2/t3-,4+,5+,6-/m0/s1/i7+2,8+2,9+2,10+2,11+2,12+2. The summed E-state index contributed by atoms with van der Waals surface area (Å²) >= 11 is 0. The highest BCUT2D eigenvalue weighted by Gasteiger charge is 2.29. The van der Waals surface area contributed by atoms with Crippen molar-refractivity contribution in [2.75, 3.05) is 6.61 Å². The van der Waals surface area contributed by atoms with E-state index in [9.17, 15) is 4.79 Å². The Balaban J connectivity index is 4.07. The molecule has 0 radical (unpaired) electrons. The van der Waals surface area contributed by atoms with Crippen LogP contribution in [0.15, 0.2) is 0 Å². The van der Waals surface area contributed by atoms with Gasteiger partial charge in [0.25, 0.3) is 0 Å². The van der Waals surface area contributed by atoms with Crippen LogP contribution in [0.3, 0.4) is 0 Å². The maximum atomic E-state index is 9.90. The molecule has 0 aromatic rings. The lowest BCUT2D eigenvalue weighted by Crippen LogP contribution is -2.46. The zero-order valence-electron chi connectivity index (χ0n) is 6.24. The molecule has 12 heavy (non-hydrogen) atoms. The first-order valence-corrected chi connectivity index (χ1v) is 3.33. The summed E-state index contributed by atoms with van der Waals surface area (Å²) in [6.45, 7) is -0.760. The highest BCUT2D eigenvalue weighted by molar-refractivity contribution is 5.56. The minimum absolute atomic E-state index is 0.0258. The molecule has 0 aromatic carbocycles. The van der Waals surface area contributed by atoms with E-state index in [4.69, 9.17) is 25.5 Å². The van der Waals surface area contributed by atoms with Crippen LogP contribution in [0.5, 0.6) is 0 Å². The van der Waals surface area contributed by atoms with Gasteiger partial charge in [0, 0.05) is 0 Å². The van der Waals surface area contributed by atoms with Gasteiger partial charge in [0.1, 0.15) is 24.4 Å². The molecule has 0 saturated heterocycles. The van der Waals surface area contributed by atoms with E-state index in [1.54, 1.807) is 0 Å². The fraction of sp³-hybridized carbons (Fsp3) is 0.833. The van der Waals surface area contributed by atoms with E-state index in [0.717, 1.165) is 0 Å². The van der Waals surface area contributed by atoms with E-state index in [1.165, 1.54) is 0 Å². The smallest absolute Gasteiger partial charge is 0.151 e. The Hall–Kier alpha value is -0.530. The molecular formula is C6H12O6. The average Bonchev–Trinajstić information content (AvgIpc) is 2.12. The van der Waals surface area contributed by atoms with Crippen LogP contribution in [0.25, 0.3) is 0 Å². The van der Waals surface area contributed by atoms with Crippen molar-refractivity contribution in [1.29, 1.82) is 0 Å². The van der Waals surface area contributed by atoms with E-state index in [-0.39, 0.29) is 6.29 Å². The molecule has 0 rings (SSSR count). The van der Waals surface area contributed by atoms with Crippen LogP contribution < -0.4 is 0 Å². The molecule has 6 heteroatoms. The summed E-state index contributed by atoms with van der Waals surface area (Å²) in [6.07, 6.45) is -6.84. The van der Waals surface area contributed by atoms with E-state index in [0.29, 0.717) is 0 Å². The van der Waals surface area contributed by atoms with Gasteiger partial charge in [-0.3, -0.25) is 0 Å². The van der Waals surface area contributed by atoms with Gasteiger partial charge in [-0.1, -0.05) is 0 Å². The average molecular weight is 192 g/mol. The second-order valence-electron chi connectivity index (χ2n) is 2.36. The van der Waals surface area contributed by atoms with Crippen LogP contribution in [0.1, 0.15) is 0 Å². The Labute approximate surface area is 68.7 Å². The maximum absolute atomic E-state index is 9.90. The van der Waals surface area contributed by atoms with E-state index in [1.807, 2.05) is 0 Å². The normalized spacial score (nSPS) is 21.1. The van der Waals surface area contributed by atoms with Crippen molar-refractivity contribution in [3.63, 3.8) is 0 Å². The first-order chi connectivity index (χ1) is 5.54. The predicted molar refractivity (Wildman–Crippen MR) is 37.2 cm³/mol. The molecule has 0 fully saturated rings. The SMILES string of the molecule is [18O]=C[C@H]([18OH])[C@@H]([18OH])[C@@H]([18OH])[C@H]([18OH])C[18OH]. The molecule has 0 amide bonds. The van der Waals surface area contributed by atoms with Crippen LogP contribution in [-0.2, 0) is 4.79 Å². The van der Waals surface area contributed by atoms with Crippen LogP contribution in [-0.4, -0.2) is 62.8 Å². The van der Waals surface area contributed by atoms with E-state index in [2.05, 4.69) is 0 Å². The van der Waals surface area contributed by atoms with Gasteiger partial charge in [0.15, 0.2) is 6.29 Å². The molecule has 0 heterocycles. The monoisotopic (exact) mass is 192 g/mol. The number of aldehydes is 1. The fourth-order valence-corrected chi connectivity index (χ4v) is 0.618. The third-order valence-electron chi connectivity index (χ3n) is 1.42. The fourth-order valence-electron chi connectivity index (χ4n) is 0.618. The number of carbonyl (C=O) groups excluding carboxylic acids is 1. The molecule has 4 atom stereocenters. The van der Waals surface area contributed by atoms with E-state index >= 15 is 0 Å². The minimum Gasteiger partial charge on any atom is -0.394 e. The summed E-state index contributed by atoms with van der Waals surface area (Å²) in [5, 5.41) is 43.5. The molecule has 0 aliphatic rings. The molecule has 0 bridgehead atoms. The van der Waals surface area contributed by atoms with Gasteiger partial charge in [-0.2, -0.15) is 0 Å². The highest BCUT2D eigenvalue weighted by Crippen LogP contribution is 2.02. The minimum atomic E-state index is -1.79. The first-order valence-electron chi connectivity index (χ1n) is 3.33.